The zero-order valence-electron chi connectivity index (χ0n) is 10.6. The molecule has 96 valence electrons. The zero-order valence-corrected chi connectivity index (χ0v) is 10.6. The van der Waals surface area contributed by atoms with Crippen LogP contribution < -0.4 is 9.64 Å². The Hall–Kier alpha value is -2.29. The maximum Gasteiger partial charge on any atom is 0.296 e. The number of hydrogen-bond donors (Lipinski definition) is 0. The van der Waals surface area contributed by atoms with Gasteiger partial charge in [0.1, 0.15) is 11.4 Å². The summed E-state index contributed by atoms with van der Waals surface area (Å²) in [5.74, 6) is 0.437. The molecule has 0 fully saturated rings. The van der Waals surface area contributed by atoms with Crippen molar-refractivity contribution in [1.82, 2.24) is 0 Å². The Balaban J connectivity index is 3.15. The third kappa shape index (κ3) is 2.88. The Labute approximate surface area is 106 Å². The number of rotatable bonds is 5. The van der Waals surface area contributed by atoms with Crippen molar-refractivity contribution in [1.29, 1.82) is 5.26 Å². The van der Waals surface area contributed by atoms with E-state index in [2.05, 4.69) is 6.07 Å². The molecule has 6 nitrogen and oxygen atoms in total. The summed E-state index contributed by atoms with van der Waals surface area (Å²) < 4.78 is 4.97. The second kappa shape index (κ2) is 5.87. The van der Waals surface area contributed by atoms with Crippen LogP contribution in [0.1, 0.15) is 13.3 Å². The van der Waals surface area contributed by atoms with Crippen molar-refractivity contribution >= 4 is 11.4 Å². The van der Waals surface area contributed by atoms with E-state index in [9.17, 15) is 10.1 Å². The van der Waals surface area contributed by atoms with Crippen molar-refractivity contribution in [2.45, 2.75) is 19.4 Å². The fraction of sp³-hybridized carbons (Fsp3) is 0.417. The molecule has 1 rings (SSSR count). The molecular weight excluding hydrogens is 234 g/mol. The average Bonchev–Trinajstić information content (AvgIpc) is 2.37. The van der Waals surface area contributed by atoms with E-state index in [1.165, 1.54) is 13.2 Å². The van der Waals surface area contributed by atoms with Crippen molar-refractivity contribution in [3.05, 3.63) is 28.3 Å². The topological polar surface area (TPSA) is 79.4 Å². The Kier molecular flexibility index (Phi) is 4.49. The molecule has 1 aromatic carbocycles. The summed E-state index contributed by atoms with van der Waals surface area (Å²) in [4.78, 5) is 12.3. The standard InChI is InChI=1S/C12H15N3O3/c1-9(6-7-13)14(2)11-5-4-10(18-3)8-12(11)15(16)17/h4-5,8-9H,6H2,1-3H3. The van der Waals surface area contributed by atoms with Crippen molar-refractivity contribution < 1.29 is 9.66 Å². The van der Waals surface area contributed by atoms with Crippen LogP contribution in [-0.2, 0) is 0 Å². The number of nitro benzene ring substituents is 1. The molecular formula is C12H15N3O3. The highest BCUT2D eigenvalue weighted by Gasteiger charge is 2.21. The number of ether oxygens (including phenoxy) is 1. The van der Waals surface area contributed by atoms with Crippen LogP contribution in [0.3, 0.4) is 0 Å². The Morgan fingerprint density at radius 3 is 2.78 bits per heavy atom. The van der Waals surface area contributed by atoms with Crippen molar-refractivity contribution in [2.24, 2.45) is 0 Å². The second-order valence-corrected chi connectivity index (χ2v) is 3.93. The van der Waals surface area contributed by atoms with Crippen molar-refractivity contribution in [3.63, 3.8) is 0 Å². The minimum absolute atomic E-state index is 0.0263. The number of methoxy groups -OCH3 is 1. The molecule has 0 N–H and O–H groups in total. The van der Waals surface area contributed by atoms with Crippen LogP contribution in [0, 0.1) is 21.4 Å². The van der Waals surface area contributed by atoms with Crippen molar-refractivity contribution in [3.8, 4) is 11.8 Å². The highest BCUT2D eigenvalue weighted by atomic mass is 16.6. The molecule has 0 aromatic heterocycles. The molecule has 1 atom stereocenters. The van der Waals surface area contributed by atoms with Crippen LogP contribution in [0.5, 0.6) is 5.75 Å². The summed E-state index contributed by atoms with van der Waals surface area (Å²) in [5, 5.41) is 19.7. The number of nitro groups is 1. The van der Waals surface area contributed by atoms with E-state index in [1.54, 1.807) is 24.1 Å². The SMILES string of the molecule is COc1ccc(N(C)C(C)CC#N)c([N+](=O)[O-])c1. The molecule has 0 bridgehead atoms. The molecule has 0 aliphatic rings. The van der Waals surface area contributed by atoms with Crippen LogP contribution in [0.25, 0.3) is 0 Å². The first kappa shape index (κ1) is 13.8. The van der Waals surface area contributed by atoms with Gasteiger partial charge in [-0.2, -0.15) is 5.26 Å². The third-order valence-corrected chi connectivity index (χ3v) is 2.81. The molecule has 1 aromatic rings. The summed E-state index contributed by atoms with van der Waals surface area (Å²) in [6, 6.07) is 6.63. The Bertz CT molecular complexity index is 482. The van der Waals surface area contributed by atoms with Gasteiger partial charge in [-0.05, 0) is 19.1 Å². The van der Waals surface area contributed by atoms with Gasteiger partial charge in [-0.3, -0.25) is 10.1 Å². The molecule has 0 heterocycles. The van der Waals surface area contributed by atoms with E-state index in [1.807, 2.05) is 6.92 Å². The molecule has 18 heavy (non-hydrogen) atoms. The van der Waals surface area contributed by atoms with E-state index in [0.29, 0.717) is 17.9 Å². The summed E-state index contributed by atoms with van der Waals surface area (Å²) in [6.45, 7) is 1.84. The van der Waals surface area contributed by atoms with Gasteiger partial charge in [-0.15, -0.1) is 0 Å². The molecule has 0 saturated carbocycles. The number of benzene rings is 1. The Morgan fingerprint density at radius 1 is 1.61 bits per heavy atom. The van der Waals surface area contributed by atoms with E-state index in [0.717, 1.165) is 0 Å². The van der Waals surface area contributed by atoms with Crippen LogP contribution in [-0.4, -0.2) is 25.1 Å². The molecule has 0 amide bonds. The van der Waals surface area contributed by atoms with Crippen LogP contribution in [0.15, 0.2) is 18.2 Å². The maximum atomic E-state index is 11.0. The predicted octanol–water partition coefficient (Wildman–Crippen LogP) is 2.34. The molecule has 0 aliphatic heterocycles. The largest absolute Gasteiger partial charge is 0.496 e. The number of anilines is 1. The second-order valence-electron chi connectivity index (χ2n) is 3.93. The van der Waals surface area contributed by atoms with Gasteiger partial charge < -0.3 is 9.64 Å². The lowest BCUT2D eigenvalue weighted by atomic mass is 10.1. The van der Waals surface area contributed by atoms with E-state index in [-0.39, 0.29) is 11.7 Å². The normalized spacial score (nSPS) is 11.4. The molecule has 0 radical (unpaired) electrons. The van der Waals surface area contributed by atoms with Gasteiger partial charge in [0.05, 0.1) is 30.6 Å². The van der Waals surface area contributed by atoms with Gasteiger partial charge in [0.25, 0.3) is 5.69 Å². The molecule has 0 aliphatic carbocycles. The maximum absolute atomic E-state index is 11.0. The van der Waals surface area contributed by atoms with Crippen LogP contribution in [0.2, 0.25) is 0 Å². The summed E-state index contributed by atoms with van der Waals surface area (Å²) in [5.41, 5.74) is 0.449. The van der Waals surface area contributed by atoms with Gasteiger partial charge in [0, 0.05) is 13.1 Å². The Morgan fingerprint density at radius 2 is 2.28 bits per heavy atom. The quantitative estimate of drug-likeness (QED) is 0.591. The minimum atomic E-state index is -0.451. The zero-order chi connectivity index (χ0) is 13.7. The lowest BCUT2D eigenvalue weighted by Gasteiger charge is -2.24. The fourth-order valence-electron chi connectivity index (χ4n) is 1.58. The summed E-state index contributed by atoms with van der Waals surface area (Å²) >= 11 is 0. The highest BCUT2D eigenvalue weighted by molar-refractivity contribution is 5.65. The molecule has 0 saturated heterocycles. The minimum Gasteiger partial charge on any atom is -0.496 e. The van der Waals surface area contributed by atoms with E-state index < -0.39 is 4.92 Å². The first-order valence-electron chi connectivity index (χ1n) is 5.43. The highest BCUT2D eigenvalue weighted by Crippen LogP contribution is 2.32. The molecule has 6 heteroatoms. The summed E-state index contributed by atoms with van der Waals surface area (Å²) in [7, 11) is 3.19. The molecule has 0 spiro atoms. The number of nitriles is 1. The predicted molar refractivity (Wildman–Crippen MR) is 67.7 cm³/mol. The van der Waals surface area contributed by atoms with E-state index >= 15 is 0 Å². The lowest BCUT2D eigenvalue weighted by molar-refractivity contribution is -0.384. The molecule has 1 unspecified atom stereocenters. The number of hydrogen-bond acceptors (Lipinski definition) is 5. The van der Waals surface area contributed by atoms with Crippen molar-refractivity contribution in [2.75, 3.05) is 19.1 Å². The van der Waals surface area contributed by atoms with Gasteiger partial charge in [0.2, 0.25) is 0 Å². The average molecular weight is 249 g/mol. The summed E-state index contributed by atoms with van der Waals surface area (Å²) in [6.07, 6.45) is 0.305. The third-order valence-electron chi connectivity index (χ3n) is 2.81. The lowest BCUT2D eigenvalue weighted by Crippen LogP contribution is -2.28. The first-order chi connectivity index (χ1) is 8.51. The fourth-order valence-corrected chi connectivity index (χ4v) is 1.58. The van der Waals surface area contributed by atoms with Gasteiger partial charge >= 0.3 is 0 Å². The van der Waals surface area contributed by atoms with Gasteiger partial charge in [-0.1, -0.05) is 0 Å². The van der Waals surface area contributed by atoms with Gasteiger partial charge in [-0.25, -0.2) is 0 Å². The smallest absolute Gasteiger partial charge is 0.296 e. The first-order valence-corrected chi connectivity index (χ1v) is 5.43. The number of nitrogens with zero attached hydrogens (tertiary/aromatic N) is 3. The van der Waals surface area contributed by atoms with Gasteiger partial charge in [0.15, 0.2) is 0 Å². The van der Waals surface area contributed by atoms with Crippen LogP contribution >= 0.6 is 0 Å². The van der Waals surface area contributed by atoms with E-state index in [4.69, 9.17) is 10.00 Å². The monoisotopic (exact) mass is 249 g/mol. The van der Waals surface area contributed by atoms with Crippen LogP contribution in [0.4, 0.5) is 11.4 Å².